The van der Waals surface area contributed by atoms with Gasteiger partial charge >= 0.3 is 0 Å². The third-order valence-electron chi connectivity index (χ3n) is 4.61. The molecule has 118 valence electrons. The normalized spacial score (nSPS) is 22.9. The molecule has 2 N–H and O–H groups in total. The fourth-order valence-electron chi connectivity index (χ4n) is 3.26. The van der Waals surface area contributed by atoms with Gasteiger partial charge in [0.2, 0.25) is 11.8 Å². The van der Waals surface area contributed by atoms with Crippen molar-refractivity contribution >= 4 is 23.2 Å². The molecule has 1 atom stereocenters. The van der Waals surface area contributed by atoms with Gasteiger partial charge in [-0.05, 0) is 63.5 Å². The minimum absolute atomic E-state index is 0.0971. The van der Waals surface area contributed by atoms with Crippen LogP contribution in [0.25, 0.3) is 0 Å². The summed E-state index contributed by atoms with van der Waals surface area (Å²) >= 11 is 0. The number of carbonyl (C=O) groups excluding carboxylic acids is 2. The highest BCUT2D eigenvalue weighted by atomic mass is 16.2. The van der Waals surface area contributed by atoms with Crippen molar-refractivity contribution in [1.29, 1.82) is 0 Å². The second kappa shape index (κ2) is 6.48. The van der Waals surface area contributed by atoms with Crippen molar-refractivity contribution in [2.45, 2.75) is 38.6 Å². The van der Waals surface area contributed by atoms with Crippen LogP contribution >= 0.6 is 0 Å². The van der Waals surface area contributed by atoms with E-state index in [1.165, 1.54) is 0 Å². The SMILES string of the molecule is CC1CCC(=O)N1c1ccc(NC(=O)C2CCNCC2)cc1. The van der Waals surface area contributed by atoms with Crippen molar-refractivity contribution < 1.29 is 9.59 Å². The molecule has 1 aromatic rings. The maximum Gasteiger partial charge on any atom is 0.227 e. The molecule has 1 unspecified atom stereocenters. The Kier molecular flexibility index (Phi) is 4.43. The fraction of sp³-hybridized carbons (Fsp3) is 0.529. The fourth-order valence-corrected chi connectivity index (χ4v) is 3.26. The first kappa shape index (κ1) is 15.0. The lowest BCUT2D eigenvalue weighted by atomic mass is 9.97. The third kappa shape index (κ3) is 3.14. The largest absolute Gasteiger partial charge is 0.326 e. The Morgan fingerprint density at radius 1 is 1.18 bits per heavy atom. The van der Waals surface area contributed by atoms with Gasteiger partial charge in [0.05, 0.1) is 0 Å². The first-order valence-electron chi connectivity index (χ1n) is 8.09. The van der Waals surface area contributed by atoms with Gasteiger partial charge in [-0.15, -0.1) is 0 Å². The molecule has 0 spiro atoms. The summed E-state index contributed by atoms with van der Waals surface area (Å²) < 4.78 is 0. The van der Waals surface area contributed by atoms with Crippen LogP contribution in [0, 0.1) is 5.92 Å². The van der Waals surface area contributed by atoms with Gasteiger partial charge in [0.1, 0.15) is 0 Å². The summed E-state index contributed by atoms with van der Waals surface area (Å²) in [5.41, 5.74) is 1.71. The highest BCUT2D eigenvalue weighted by Gasteiger charge is 2.28. The van der Waals surface area contributed by atoms with Gasteiger partial charge in [-0.25, -0.2) is 0 Å². The van der Waals surface area contributed by atoms with Crippen molar-refractivity contribution in [2.24, 2.45) is 5.92 Å². The number of nitrogens with zero attached hydrogens (tertiary/aromatic N) is 1. The van der Waals surface area contributed by atoms with Gasteiger partial charge in [-0.1, -0.05) is 0 Å². The minimum Gasteiger partial charge on any atom is -0.326 e. The lowest BCUT2D eigenvalue weighted by Gasteiger charge is -2.23. The average Bonchev–Trinajstić information content (AvgIpc) is 2.88. The zero-order chi connectivity index (χ0) is 15.5. The van der Waals surface area contributed by atoms with Crippen LogP contribution < -0.4 is 15.5 Å². The molecule has 0 bridgehead atoms. The molecule has 22 heavy (non-hydrogen) atoms. The van der Waals surface area contributed by atoms with Crippen molar-refractivity contribution in [1.82, 2.24) is 5.32 Å². The lowest BCUT2D eigenvalue weighted by molar-refractivity contribution is -0.120. The van der Waals surface area contributed by atoms with Crippen LogP contribution in [-0.4, -0.2) is 30.9 Å². The predicted molar refractivity (Wildman–Crippen MR) is 86.8 cm³/mol. The molecule has 5 nitrogen and oxygen atoms in total. The Morgan fingerprint density at radius 3 is 2.45 bits per heavy atom. The van der Waals surface area contributed by atoms with Crippen LogP contribution in [-0.2, 0) is 9.59 Å². The maximum absolute atomic E-state index is 12.2. The van der Waals surface area contributed by atoms with E-state index in [1.807, 2.05) is 29.2 Å². The molecule has 2 amide bonds. The predicted octanol–water partition coefficient (Wildman–Crippen LogP) is 2.14. The molecule has 0 aliphatic carbocycles. The summed E-state index contributed by atoms with van der Waals surface area (Å²) in [5.74, 6) is 0.375. The van der Waals surface area contributed by atoms with Gasteiger partial charge in [0.15, 0.2) is 0 Å². The number of nitrogens with one attached hydrogen (secondary N) is 2. The van der Waals surface area contributed by atoms with E-state index in [0.717, 1.165) is 43.7 Å². The summed E-state index contributed by atoms with van der Waals surface area (Å²) in [4.78, 5) is 26.0. The summed E-state index contributed by atoms with van der Waals surface area (Å²) in [6.07, 6.45) is 3.32. The molecule has 2 saturated heterocycles. The van der Waals surface area contributed by atoms with Crippen LogP contribution in [0.3, 0.4) is 0 Å². The second-order valence-electron chi connectivity index (χ2n) is 6.21. The van der Waals surface area contributed by atoms with Crippen molar-refractivity contribution in [3.8, 4) is 0 Å². The van der Waals surface area contributed by atoms with Crippen LogP contribution in [0.2, 0.25) is 0 Å². The Hall–Kier alpha value is -1.88. The lowest BCUT2D eigenvalue weighted by Crippen LogP contribution is -2.34. The minimum atomic E-state index is 0.0971. The monoisotopic (exact) mass is 301 g/mol. The quantitative estimate of drug-likeness (QED) is 0.899. The topological polar surface area (TPSA) is 61.4 Å². The molecule has 2 fully saturated rings. The second-order valence-corrected chi connectivity index (χ2v) is 6.21. The van der Waals surface area contributed by atoms with Crippen molar-refractivity contribution in [3.63, 3.8) is 0 Å². The first-order chi connectivity index (χ1) is 10.6. The highest BCUT2D eigenvalue weighted by Crippen LogP contribution is 2.27. The van der Waals surface area contributed by atoms with E-state index >= 15 is 0 Å². The van der Waals surface area contributed by atoms with Gasteiger partial charge in [-0.2, -0.15) is 0 Å². The van der Waals surface area contributed by atoms with Crippen LogP contribution in [0.15, 0.2) is 24.3 Å². The van der Waals surface area contributed by atoms with E-state index in [-0.39, 0.29) is 23.8 Å². The number of anilines is 2. The number of rotatable bonds is 3. The number of benzene rings is 1. The molecule has 1 aromatic carbocycles. The average molecular weight is 301 g/mol. The van der Waals surface area contributed by atoms with Gasteiger partial charge in [0.25, 0.3) is 0 Å². The van der Waals surface area contributed by atoms with E-state index < -0.39 is 0 Å². The van der Waals surface area contributed by atoms with E-state index in [9.17, 15) is 9.59 Å². The van der Waals surface area contributed by atoms with Crippen LogP contribution in [0.4, 0.5) is 11.4 Å². The standard InChI is InChI=1S/C17H23N3O2/c1-12-2-7-16(21)20(12)15-5-3-14(4-6-15)19-17(22)13-8-10-18-11-9-13/h3-6,12-13,18H,2,7-11H2,1H3,(H,19,22). The maximum atomic E-state index is 12.2. The van der Waals surface area contributed by atoms with Gasteiger partial charge in [-0.3, -0.25) is 9.59 Å². The van der Waals surface area contributed by atoms with Crippen LogP contribution in [0.5, 0.6) is 0 Å². The summed E-state index contributed by atoms with van der Waals surface area (Å²) in [6, 6.07) is 7.84. The molecule has 0 aromatic heterocycles. The number of amides is 2. The van der Waals surface area contributed by atoms with Gasteiger partial charge in [0, 0.05) is 29.8 Å². The highest BCUT2D eigenvalue weighted by molar-refractivity contribution is 5.97. The summed E-state index contributed by atoms with van der Waals surface area (Å²) in [5, 5.41) is 6.24. The molecular weight excluding hydrogens is 278 g/mol. The van der Waals surface area contributed by atoms with Crippen LogP contribution in [0.1, 0.15) is 32.6 Å². The summed E-state index contributed by atoms with van der Waals surface area (Å²) in [6.45, 7) is 3.88. The third-order valence-corrected chi connectivity index (χ3v) is 4.61. The molecule has 2 heterocycles. The first-order valence-corrected chi connectivity index (χ1v) is 8.09. The van der Waals surface area contributed by atoms with E-state index in [1.54, 1.807) is 0 Å². The Labute approximate surface area is 131 Å². The molecule has 0 radical (unpaired) electrons. The molecule has 2 aliphatic heterocycles. The van der Waals surface area contributed by atoms with Gasteiger partial charge < -0.3 is 15.5 Å². The Bertz CT molecular complexity index is 550. The van der Waals surface area contributed by atoms with E-state index in [0.29, 0.717) is 6.42 Å². The molecular formula is C17H23N3O2. The Balaban J connectivity index is 1.64. The van der Waals surface area contributed by atoms with E-state index in [2.05, 4.69) is 17.6 Å². The zero-order valence-electron chi connectivity index (χ0n) is 13.0. The zero-order valence-corrected chi connectivity index (χ0v) is 13.0. The van der Waals surface area contributed by atoms with E-state index in [4.69, 9.17) is 0 Å². The number of piperidine rings is 1. The molecule has 3 rings (SSSR count). The van der Waals surface area contributed by atoms with Crippen molar-refractivity contribution in [2.75, 3.05) is 23.3 Å². The molecule has 5 heteroatoms. The van der Waals surface area contributed by atoms with Crippen molar-refractivity contribution in [3.05, 3.63) is 24.3 Å². The smallest absolute Gasteiger partial charge is 0.227 e. The summed E-state index contributed by atoms with van der Waals surface area (Å²) in [7, 11) is 0. The Morgan fingerprint density at radius 2 is 1.86 bits per heavy atom. The number of hydrogen-bond acceptors (Lipinski definition) is 3. The number of hydrogen-bond donors (Lipinski definition) is 2. The molecule has 0 saturated carbocycles. The number of carbonyl (C=O) groups is 2. The molecule has 2 aliphatic rings.